The van der Waals surface area contributed by atoms with Crippen LogP contribution in [0.3, 0.4) is 0 Å². The number of rotatable bonds is 4. The van der Waals surface area contributed by atoms with Crippen molar-refractivity contribution >= 4 is 38.6 Å². The van der Waals surface area contributed by atoms with Crippen molar-refractivity contribution in [3.63, 3.8) is 0 Å². The van der Waals surface area contributed by atoms with Crippen molar-refractivity contribution in [2.75, 3.05) is 9.62 Å². The van der Waals surface area contributed by atoms with E-state index < -0.39 is 10.0 Å². The molecule has 2 aromatic heterocycles. The van der Waals surface area contributed by atoms with Crippen LogP contribution in [0, 0.1) is 0 Å². The second kappa shape index (κ2) is 6.16. The van der Waals surface area contributed by atoms with Gasteiger partial charge in [0.15, 0.2) is 0 Å². The Bertz CT molecular complexity index is 983. The maximum absolute atomic E-state index is 12.3. The highest BCUT2D eigenvalue weighted by atomic mass is 32.2. The van der Waals surface area contributed by atoms with Crippen molar-refractivity contribution in [3.8, 4) is 0 Å². The zero-order chi connectivity index (χ0) is 17.4. The molecule has 5 nitrogen and oxygen atoms in total. The number of benzene rings is 1. The number of anilines is 3. The van der Waals surface area contributed by atoms with Crippen LogP contribution in [0.2, 0.25) is 0 Å². The molecule has 0 spiro atoms. The summed E-state index contributed by atoms with van der Waals surface area (Å²) in [7, 11) is -3.57. The number of pyridine rings is 1. The van der Waals surface area contributed by atoms with Crippen molar-refractivity contribution < 1.29 is 8.42 Å². The summed E-state index contributed by atoms with van der Waals surface area (Å²) < 4.78 is 27.3. The van der Waals surface area contributed by atoms with E-state index in [1.54, 1.807) is 29.8 Å². The molecule has 1 aliphatic rings. The molecule has 1 aliphatic heterocycles. The summed E-state index contributed by atoms with van der Waals surface area (Å²) in [6.45, 7) is 2.17. The van der Waals surface area contributed by atoms with Crippen molar-refractivity contribution in [2.45, 2.75) is 23.6 Å². The van der Waals surface area contributed by atoms with Gasteiger partial charge in [-0.1, -0.05) is 24.3 Å². The summed E-state index contributed by atoms with van der Waals surface area (Å²) in [5.41, 5.74) is 3.46. The maximum Gasteiger partial charge on any atom is 0.272 e. The molecule has 4 rings (SSSR count). The molecular formula is C18H17N3O2S2. The Morgan fingerprint density at radius 3 is 2.72 bits per heavy atom. The third kappa shape index (κ3) is 3.01. The van der Waals surface area contributed by atoms with Crippen LogP contribution in [0.4, 0.5) is 17.2 Å². The Morgan fingerprint density at radius 2 is 2.00 bits per heavy atom. The molecule has 1 unspecified atom stereocenters. The molecule has 0 saturated heterocycles. The van der Waals surface area contributed by atoms with E-state index in [0.29, 0.717) is 11.9 Å². The lowest BCUT2D eigenvalue weighted by atomic mass is 10.1. The predicted molar refractivity (Wildman–Crippen MR) is 101 cm³/mol. The summed E-state index contributed by atoms with van der Waals surface area (Å²) in [5.74, 6) is 0.317. The fourth-order valence-corrected chi connectivity index (χ4v) is 5.15. The highest BCUT2D eigenvalue weighted by Crippen LogP contribution is 2.37. The highest BCUT2D eigenvalue weighted by Gasteiger charge is 2.27. The SMILES string of the molecule is CC1Cc2ccccc2N1c1ccc(NS(=O)(=O)c2cccs2)nc1. The first-order valence-corrected chi connectivity index (χ1v) is 10.3. The lowest BCUT2D eigenvalue weighted by Gasteiger charge is -2.24. The number of thiophene rings is 1. The van der Waals surface area contributed by atoms with Crippen molar-refractivity contribution in [3.05, 3.63) is 65.7 Å². The van der Waals surface area contributed by atoms with E-state index in [-0.39, 0.29) is 4.21 Å². The number of nitrogens with zero attached hydrogens (tertiary/aromatic N) is 2. The molecule has 0 saturated carbocycles. The standard InChI is InChI=1S/C18H17N3O2S2/c1-13-11-14-5-2-3-6-16(14)21(13)15-8-9-17(19-12-15)20-25(22,23)18-7-4-10-24-18/h2-10,12-13H,11H2,1H3,(H,19,20). The molecule has 3 heterocycles. The van der Waals surface area contributed by atoms with Gasteiger partial charge in [0.2, 0.25) is 0 Å². The lowest BCUT2D eigenvalue weighted by molar-refractivity contribution is 0.603. The van der Waals surface area contributed by atoms with Crippen molar-refractivity contribution in [2.24, 2.45) is 0 Å². The van der Waals surface area contributed by atoms with E-state index in [0.717, 1.165) is 12.1 Å². The second-order valence-electron chi connectivity index (χ2n) is 5.99. The molecule has 25 heavy (non-hydrogen) atoms. The van der Waals surface area contributed by atoms with E-state index >= 15 is 0 Å². The Morgan fingerprint density at radius 1 is 1.16 bits per heavy atom. The van der Waals surface area contributed by atoms with Gasteiger partial charge in [-0.2, -0.15) is 0 Å². The van der Waals surface area contributed by atoms with Crippen LogP contribution < -0.4 is 9.62 Å². The van der Waals surface area contributed by atoms with Crippen LogP contribution in [0.5, 0.6) is 0 Å². The first-order chi connectivity index (χ1) is 12.0. The maximum atomic E-state index is 12.3. The largest absolute Gasteiger partial charge is 0.337 e. The number of aromatic nitrogens is 1. The molecular weight excluding hydrogens is 354 g/mol. The highest BCUT2D eigenvalue weighted by molar-refractivity contribution is 7.94. The van der Waals surface area contributed by atoms with Crippen LogP contribution in [0.15, 0.2) is 64.3 Å². The number of hydrogen-bond acceptors (Lipinski definition) is 5. The van der Waals surface area contributed by atoms with Crippen LogP contribution in [0.1, 0.15) is 12.5 Å². The summed E-state index contributed by atoms with van der Waals surface area (Å²) in [4.78, 5) is 6.53. The van der Waals surface area contributed by atoms with Crippen molar-refractivity contribution in [1.82, 2.24) is 4.98 Å². The third-order valence-electron chi connectivity index (χ3n) is 4.23. The molecule has 3 aromatic rings. The summed E-state index contributed by atoms with van der Waals surface area (Å²) in [6, 6.07) is 15.6. The van der Waals surface area contributed by atoms with Crippen LogP contribution in [-0.2, 0) is 16.4 Å². The van der Waals surface area contributed by atoms with E-state index in [9.17, 15) is 8.42 Å². The average molecular weight is 371 g/mol. The van der Waals surface area contributed by atoms with Gasteiger partial charge in [-0.3, -0.25) is 4.72 Å². The molecule has 1 atom stereocenters. The smallest absolute Gasteiger partial charge is 0.272 e. The molecule has 0 aliphatic carbocycles. The van der Waals surface area contributed by atoms with E-state index in [1.807, 2.05) is 12.1 Å². The molecule has 0 bridgehead atoms. The van der Waals surface area contributed by atoms with Crippen LogP contribution in [0.25, 0.3) is 0 Å². The zero-order valence-electron chi connectivity index (χ0n) is 13.6. The quantitative estimate of drug-likeness (QED) is 0.752. The summed E-state index contributed by atoms with van der Waals surface area (Å²) in [5, 5.41) is 1.73. The first-order valence-electron chi connectivity index (χ1n) is 7.94. The predicted octanol–water partition coefficient (Wildman–Crippen LogP) is 4.03. The Labute approximate surface area is 151 Å². The number of hydrogen-bond donors (Lipinski definition) is 1. The molecule has 1 aromatic carbocycles. The van der Waals surface area contributed by atoms with Gasteiger partial charge >= 0.3 is 0 Å². The Hall–Kier alpha value is -2.38. The molecule has 0 amide bonds. The minimum absolute atomic E-state index is 0.278. The number of sulfonamides is 1. The van der Waals surface area contributed by atoms with Crippen LogP contribution in [-0.4, -0.2) is 19.4 Å². The summed E-state index contributed by atoms with van der Waals surface area (Å²) in [6.07, 6.45) is 2.70. The van der Waals surface area contributed by atoms with E-state index in [2.05, 4.69) is 39.7 Å². The van der Waals surface area contributed by atoms with E-state index in [4.69, 9.17) is 0 Å². The molecule has 1 N–H and O–H groups in total. The van der Waals surface area contributed by atoms with Gasteiger partial charge in [-0.05, 0) is 48.6 Å². The Balaban J connectivity index is 1.59. The lowest BCUT2D eigenvalue weighted by Crippen LogP contribution is -2.24. The number of para-hydroxylation sites is 1. The van der Waals surface area contributed by atoms with Crippen LogP contribution >= 0.6 is 11.3 Å². The van der Waals surface area contributed by atoms with Gasteiger partial charge in [0.25, 0.3) is 10.0 Å². The molecule has 0 radical (unpaired) electrons. The van der Waals surface area contributed by atoms with Gasteiger partial charge in [-0.25, -0.2) is 13.4 Å². The van der Waals surface area contributed by atoms with Gasteiger partial charge in [0.05, 0.1) is 11.9 Å². The van der Waals surface area contributed by atoms with Gasteiger partial charge in [0, 0.05) is 11.7 Å². The molecule has 7 heteroatoms. The average Bonchev–Trinajstić information content (AvgIpc) is 3.23. The van der Waals surface area contributed by atoms with Gasteiger partial charge in [-0.15, -0.1) is 11.3 Å². The van der Waals surface area contributed by atoms with Gasteiger partial charge in [0.1, 0.15) is 10.0 Å². The first kappa shape index (κ1) is 16.1. The molecule has 128 valence electrons. The van der Waals surface area contributed by atoms with E-state index in [1.165, 1.54) is 22.6 Å². The summed E-state index contributed by atoms with van der Waals surface area (Å²) >= 11 is 1.18. The van der Waals surface area contributed by atoms with Gasteiger partial charge < -0.3 is 4.90 Å². The second-order valence-corrected chi connectivity index (χ2v) is 8.85. The fourth-order valence-electron chi connectivity index (χ4n) is 3.15. The monoisotopic (exact) mass is 371 g/mol. The normalized spacial score (nSPS) is 16.7. The topological polar surface area (TPSA) is 62.3 Å². The third-order valence-corrected chi connectivity index (χ3v) is 6.98. The number of nitrogens with one attached hydrogen (secondary N) is 1. The fraction of sp³-hybridized carbons (Fsp3) is 0.167. The Kier molecular flexibility index (Phi) is 3.97. The minimum atomic E-state index is -3.57. The zero-order valence-corrected chi connectivity index (χ0v) is 15.2. The van der Waals surface area contributed by atoms with Crippen molar-refractivity contribution in [1.29, 1.82) is 0 Å². The number of fused-ring (bicyclic) bond motifs is 1. The molecule has 0 fully saturated rings. The minimum Gasteiger partial charge on any atom is -0.337 e.